The number of fused-ring (bicyclic) bond motifs is 7. The fourth-order valence-corrected chi connectivity index (χ4v) is 6.14. The lowest BCUT2D eigenvalue weighted by molar-refractivity contribution is 0.413. The first kappa shape index (κ1) is 20.8. The molecular weight excluding hydrogens is 429 g/mol. The first-order valence-electron chi connectivity index (χ1n) is 12.3. The van der Waals surface area contributed by atoms with Crippen molar-refractivity contribution in [3.05, 3.63) is 72.0 Å². The SMILES string of the molecule is Bc1nc2c3cc4ccccc4c(CC(C)(C)C)c3n3c4ccccc4c4c(F)cc(c1B)c2c43. The molecule has 0 atom stereocenters. The Morgan fingerprint density at radius 1 is 0.829 bits per heavy atom. The van der Waals surface area contributed by atoms with Crippen molar-refractivity contribution < 1.29 is 4.39 Å². The van der Waals surface area contributed by atoms with Crippen molar-refractivity contribution in [2.24, 2.45) is 5.41 Å². The Bertz CT molecular complexity index is 2000. The van der Waals surface area contributed by atoms with Crippen molar-refractivity contribution in [1.82, 2.24) is 9.38 Å². The van der Waals surface area contributed by atoms with Crippen LogP contribution in [0.15, 0.2) is 60.7 Å². The molecule has 0 spiro atoms. The van der Waals surface area contributed by atoms with Crippen LogP contribution >= 0.6 is 0 Å². The molecular formula is C30H25B2FN2. The van der Waals surface area contributed by atoms with Crippen LogP contribution in [0, 0.1) is 11.2 Å². The first-order chi connectivity index (χ1) is 16.7. The van der Waals surface area contributed by atoms with Crippen molar-refractivity contribution in [1.29, 1.82) is 0 Å². The minimum Gasteiger partial charge on any atom is -0.307 e. The second kappa shape index (κ2) is 6.75. The van der Waals surface area contributed by atoms with E-state index in [0.717, 1.165) is 61.1 Å². The predicted octanol–water partition coefficient (Wildman–Crippen LogP) is 4.78. The van der Waals surface area contributed by atoms with Crippen LogP contribution in [-0.2, 0) is 6.42 Å². The Kier molecular flexibility index (Phi) is 4.00. The average molecular weight is 454 g/mol. The number of benzene rings is 4. The van der Waals surface area contributed by atoms with Crippen molar-refractivity contribution in [3.8, 4) is 0 Å². The summed E-state index contributed by atoms with van der Waals surface area (Å²) in [6.45, 7) is 6.86. The molecule has 0 saturated heterocycles. The molecule has 2 nitrogen and oxygen atoms in total. The maximum Gasteiger partial charge on any atom is 0.163 e. The van der Waals surface area contributed by atoms with E-state index in [0.29, 0.717) is 5.39 Å². The summed E-state index contributed by atoms with van der Waals surface area (Å²) in [6, 6.07) is 20.9. The van der Waals surface area contributed by atoms with Gasteiger partial charge in [-0.1, -0.05) is 68.7 Å². The highest BCUT2D eigenvalue weighted by Crippen LogP contribution is 2.44. The summed E-state index contributed by atoms with van der Waals surface area (Å²) in [5.74, 6) is -0.163. The van der Waals surface area contributed by atoms with E-state index in [9.17, 15) is 0 Å². The quantitative estimate of drug-likeness (QED) is 0.198. The van der Waals surface area contributed by atoms with Gasteiger partial charge in [-0.15, -0.1) is 0 Å². The molecule has 0 fully saturated rings. The number of halogens is 1. The third-order valence-corrected chi connectivity index (χ3v) is 7.67. The van der Waals surface area contributed by atoms with Crippen molar-refractivity contribution in [2.45, 2.75) is 27.2 Å². The van der Waals surface area contributed by atoms with Crippen LogP contribution in [0.3, 0.4) is 0 Å². The van der Waals surface area contributed by atoms with Crippen LogP contribution in [0.4, 0.5) is 4.39 Å². The number of rotatable bonds is 1. The second-order valence-electron chi connectivity index (χ2n) is 11.2. The Morgan fingerprint density at radius 2 is 1.54 bits per heavy atom. The average Bonchev–Trinajstić information content (AvgIpc) is 3.16. The van der Waals surface area contributed by atoms with E-state index in [1.165, 1.54) is 16.3 Å². The summed E-state index contributed by atoms with van der Waals surface area (Å²) in [5.41, 5.74) is 7.49. The molecule has 5 heteroatoms. The lowest BCUT2D eigenvalue weighted by atomic mass is 9.80. The molecule has 4 aromatic carbocycles. The molecule has 35 heavy (non-hydrogen) atoms. The van der Waals surface area contributed by atoms with Gasteiger partial charge < -0.3 is 4.40 Å². The van der Waals surface area contributed by atoms with Crippen molar-refractivity contribution in [3.63, 3.8) is 0 Å². The van der Waals surface area contributed by atoms with Crippen molar-refractivity contribution >= 4 is 86.5 Å². The fourth-order valence-electron chi connectivity index (χ4n) is 6.14. The van der Waals surface area contributed by atoms with Crippen LogP contribution in [0.1, 0.15) is 26.3 Å². The van der Waals surface area contributed by atoms with E-state index in [1.54, 1.807) is 6.07 Å². The minimum atomic E-state index is -0.163. The highest BCUT2D eigenvalue weighted by Gasteiger charge is 2.26. The van der Waals surface area contributed by atoms with Crippen LogP contribution < -0.4 is 11.1 Å². The molecule has 7 rings (SSSR count). The summed E-state index contributed by atoms with van der Waals surface area (Å²) in [6.07, 6.45) is 0.906. The van der Waals surface area contributed by atoms with E-state index in [2.05, 4.69) is 75.5 Å². The molecule has 0 saturated carbocycles. The Labute approximate surface area is 204 Å². The van der Waals surface area contributed by atoms with E-state index in [-0.39, 0.29) is 11.2 Å². The number of aromatic nitrogens is 2. The lowest BCUT2D eigenvalue weighted by Crippen LogP contribution is -2.30. The second-order valence-corrected chi connectivity index (χ2v) is 11.2. The minimum absolute atomic E-state index is 0.0775. The van der Waals surface area contributed by atoms with Gasteiger partial charge in [-0.05, 0) is 57.4 Å². The molecule has 0 amide bonds. The predicted molar refractivity (Wildman–Crippen MR) is 153 cm³/mol. The third kappa shape index (κ3) is 2.70. The van der Waals surface area contributed by atoms with Gasteiger partial charge in [0.15, 0.2) is 7.85 Å². The maximum absolute atomic E-state index is 15.9. The largest absolute Gasteiger partial charge is 0.307 e. The van der Waals surface area contributed by atoms with Gasteiger partial charge in [-0.3, -0.25) is 4.98 Å². The standard InChI is InChI=1S/C30H25B2FN2/c1-30(2,3)14-20-16-9-5-4-8-15(16)12-19-26-24-18(25(31)29(32)34-26)13-21(33)23-17-10-6-7-11-22(17)35(27(19)20)28(23)24/h4-13H,14,31-32H2,1-3H3. The molecule has 0 aliphatic carbocycles. The summed E-state index contributed by atoms with van der Waals surface area (Å²) >= 11 is 0. The summed E-state index contributed by atoms with van der Waals surface area (Å²) in [5, 5.41) is 7.28. The monoisotopic (exact) mass is 454 g/mol. The number of pyridine rings is 2. The zero-order chi connectivity index (χ0) is 24.2. The zero-order valence-corrected chi connectivity index (χ0v) is 20.8. The van der Waals surface area contributed by atoms with Crippen LogP contribution in [0.2, 0.25) is 0 Å². The van der Waals surface area contributed by atoms with Gasteiger partial charge in [0, 0.05) is 21.5 Å². The maximum atomic E-state index is 15.9. The Morgan fingerprint density at radius 3 is 2.31 bits per heavy atom. The van der Waals surface area contributed by atoms with Gasteiger partial charge >= 0.3 is 0 Å². The molecule has 168 valence electrons. The smallest absolute Gasteiger partial charge is 0.163 e. The summed E-state index contributed by atoms with van der Waals surface area (Å²) in [4.78, 5) is 5.16. The van der Waals surface area contributed by atoms with Gasteiger partial charge in [0.1, 0.15) is 13.7 Å². The van der Waals surface area contributed by atoms with E-state index >= 15 is 4.39 Å². The number of hydrogen-bond acceptors (Lipinski definition) is 1. The Hall–Kier alpha value is -3.59. The topological polar surface area (TPSA) is 17.3 Å². The lowest BCUT2D eigenvalue weighted by Gasteiger charge is -2.24. The normalized spacial score (nSPS) is 12.9. The zero-order valence-electron chi connectivity index (χ0n) is 20.8. The molecule has 0 N–H and O–H groups in total. The van der Waals surface area contributed by atoms with Gasteiger partial charge in [0.2, 0.25) is 0 Å². The third-order valence-electron chi connectivity index (χ3n) is 7.67. The molecule has 0 unspecified atom stereocenters. The van der Waals surface area contributed by atoms with Gasteiger partial charge in [-0.25, -0.2) is 4.39 Å². The van der Waals surface area contributed by atoms with Crippen LogP contribution in [0.25, 0.3) is 59.8 Å². The number of para-hydroxylation sites is 1. The van der Waals surface area contributed by atoms with Crippen LogP contribution in [0.5, 0.6) is 0 Å². The van der Waals surface area contributed by atoms with Crippen LogP contribution in [-0.4, -0.2) is 25.1 Å². The van der Waals surface area contributed by atoms with E-state index < -0.39 is 0 Å². The highest BCUT2D eigenvalue weighted by molar-refractivity contribution is 6.53. The van der Waals surface area contributed by atoms with Gasteiger partial charge in [0.05, 0.1) is 22.1 Å². The first-order valence-corrected chi connectivity index (χ1v) is 12.3. The summed E-state index contributed by atoms with van der Waals surface area (Å²) < 4.78 is 18.2. The number of hydrogen-bond donors (Lipinski definition) is 0. The molecule has 3 heterocycles. The molecule has 3 aromatic heterocycles. The van der Waals surface area contributed by atoms with Gasteiger partial charge in [-0.2, -0.15) is 0 Å². The fraction of sp³-hybridized carbons (Fsp3) is 0.167. The highest BCUT2D eigenvalue weighted by atomic mass is 19.1. The van der Waals surface area contributed by atoms with E-state index in [4.69, 9.17) is 4.98 Å². The molecule has 0 bridgehead atoms. The number of nitrogens with zero attached hydrogens (tertiary/aromatic N) is 2. The summed E-state index contributed by atoms with van der Waals surface area (Å²) in [7, 11) is 4.09. The van der Waals surface area contributed by atoms with E-state index in [1.807, 2.05) is 20.0 Å². The molecule has 0 radical (unpaired) electrons. The molecule has 0 aliphatic rings. The molecule has 0 aliphatic heterocycles. The molecule has 7 aromatic rings. The van der Waals surface area contributed by atoms with Crippen molar-refractivity contribution in [2.75, 3.05) is 0 Å². The van der Waals surface area contributed by atoms with Gasteiger partial charge in [0.25, 0.3) is 0 Å². The Balaban J connectivity index is 1.93.